The van der Waals surface area contributed by atoms with Crippen molar-refractivity contribution in [3.05, 3.63) is 0 Å². The first kappa shape index (κ1) is 20.7. The van der Waals surface area contributed by atoms with Crippen LogP contribution in [-0.2, 0) is 4.79 Å². The van der Waals surface area contributed by atoms with Gasteiger partial charge in [-0.1, -0.05) is 27.2 Å². The summed E-state index contributed by atoms with van der Waals surface area (Å²) in [6.45, 7) is 7.52. The number of carbonyl (C=O) groups is 1. The number of rotatable bonds is 5. The molecule has 0 radical (unpaired) electrons. The second-order valence-electron chi connectivity index (χ2n) is 11.4. The first-order chi connectivity index (χ1) is 13.3. The molecule has 4 fully saturated rings. The smallest absolute Gasteiger partial charge is 0.303 e. The molecule has 28 heavy (non-hydrogen) atoms. The van der Waals surface area contributed by atoms with Gasteiger partial charge in [0.25, 0.3) is 0 Å². The summed E-state index contributed by atoms with van der Waals surface area (Å²) in [5.74, 6) is 4.17. The SMILES string of the molecule is CC[C@H]1CC2C3CCC(CCCC(=O)O)C3(C)CC[C@@H]2C2(C)CC[C@@H](O)CC12. The van der Waals surface area contributed by atoms with Crippen LogP contribution < -0.4 is 0 Å². The number of hydrogen-bond donors (Lipinski definition) is 2. The average Bonchev–Trinajstić information content (AvgIpc) is 2.98. The van der Waals surface area contributed by atoms with E-state index in [2.05, 4.69) is 20.8 Å². The third-order valence-corrected chi connectivity index (χ3v) is 10.5. The number of aliphatic carboxylic acids is 1. The predicted molar refractivity (Wildman–Crippen MR) is 112 cm³/mol. The molecule has 4 saturated carbocycles. The van der Waals surface area contributed by atoms with Crippen LogP contribution in [0.15, 0.2) is 0 Å². The Kier molecular flexibility index (Phi) is 5.61. The molecule has 160 valence electrons. The molecule has 6 unspecified atom stereocenters. The first-order valence-corrected chi connectivity index (χ1v) is 12.2. The van der Waals surface area contributed by atoms with Crippen LogP contribution in [0.3, 0.4) is 0 Å². The van der Waals surface area contributed by atoms with E-state index in [1.54, 1.807) is 0 Å². The van der Waals surface area contributed by atoms with Gasteiger partial charge in [0.05, 0.1) is 6.10 Å². The minimum Gasteiger partial charge on any atom is -0.481 e. The number of hydrogen-bond acceptors (Lipinski definition) is 2. The molecule has 0 aliphatic heterocycles. The van der Waals surface area contributed by atoms with Gasteiger partial charge in [0, 0.05) is 6.42 Å². The Morgan fingerprint density at radius 3 is 2.39 bits per heavy atom. The van der Waals surface area contributed by atoms with Crippen molar-refractivity contribution in [2.45, 2.75) is 104 Å². The van der Waals surface area contributed by atoms with Gasteiger partial charge in [0.1, 0.15) is 0 Å². The molecular formula is C25H42O3. The van der Waals surface area contributed by atoms with Gasteiger partial charge in [0.2, 0.25) is 0 Å². The van der Waals surface area contributed by atoms with Gasteiger partial charge in [-0.2, -0.15) is 0 Å². The molecule has 0 spiro atoms. The van der Waals surface area contributed by atoms with Crippen molar-refractivity contribution in [3.8, 4) is 0 Å². The van der Waals surface area contributed by atoms with E-state index < -0.39 is 5.97 Å². The van der Waals surface area contributed by atoms with Gasteiger partial charge in [-0.3, -0.25) is 4.79 Å². The summed E-state index contributed by atoms with van der Waals surface area (Å²) < 4.78 is 0. The lowest BCUT2D eigenvalue weighted by Gasteiger charge is -2.63. The van der Waals surface area contributed by atoms with E-state index in [-0.39, 0.29) is 6.10 Å². The van der Waals surface area contributed by atoms with Crippen molar-refractivity contribution in [2.75, 3.05) is 0 Å². The number of carboxylic acid groups (broad SMARTS) is 1. The molecule has 0 aromatic rings. The molecule has 0 heterocycles. The fourth-order valence-corrected chi connectivity index (χ4v) is 9.02. The summed E-state index contributed by atoms with van der Waals surface area (Å²) >= 11 is 0. The molecule has 0 bridgehead atoms. The van der Waals surface area contributed by atoms with Crippen LogP contribution in [0.25, 0.3) is 0 Å². The van der Waals surface area contributed by atoms with Crippen molar-refractivity contribution in [2.24, 2.45) is 46.3 Å². The predicted octanol–water partition coefficient (Wildman–Crippen LogP) is 5.90. The summed E-state index contributed by atoms with van der Waals surface area (Å²) in [5.41, 5.74) is 0.876. The van der Waals surface area contributed by atoms with E-state index in [9.17, 15) is 9.90 Å². The maximum atomic E-state index is 11.0. The highest BCUT2D eigenvalue weighted by Crippen LogP contribution is 2.69. The Bertz CT molecular complexity index is 588. The summed E-state index contributed by atoms with van der Waals surface area (Å²) in [6.07, 6.45) is 13.6. The molecule has 4 aliphatic rings. The molecule has 0 saturated heterocycles. The molecule has 4 rings (SSSR count). The van der Waals surface area contributed by atoms with E-state index in [4.69, 9.17) is 5.11 Å². The Morgan fingerprint density at radius 1 is 0.964 bits per heavy atom. The van der Waals surface area contributed by atoms with Crippen molar-refractivity contribution in [1.29, 1.82) is 0 Å². The largest absolute Gasteiger partial charge is 0.481 e. The van der Waals surface area contributed by atoms with Gasteiger partial charge in [-0.25, -0.2) is 0 Å². The number of aliphatic hydroxyl groups is 1. The molecule has 0 aromatic heterocycles. The maximum Gasteiger partial charge on any atom is 0.303 e. The average molecular weight is 391 g/mol. The topological polar surface area (TPSA) is 57.5 Å². The monoisotopic (exact) mass is 390 g/mol. The first-order valence-electron chi connectivity index (χ1n) is 12.2. The summed E-state index contributed by atoms with van der Waals surface area (Å²) in [6, 6.07) is 0. The molecule has 4 aliphatic carbocycles. The Morgan fingerprint density at radius 2 is 1.68 bits per heavy atom. The van der Waals surface area contributed by atoms with E-state index in [1.165, 1.54) is 44.9 Å². The second kappa shape index (κ2) is 7.60. The zero-order valence-electron chi connectivity index (χ0n) is 18.3. The van der Waals surface area contributed by atoms with Crippen LogP contribution in [-0.4, -0.2) is 22.3 Å². The number of fused-ring (bicyclic) bond motifs is 5. The Hall–Kier alpha value is -0.570. The fraction of sp³-hybridized carbons (Fsp3) is 0.960. The van der Waals surface area contributed by atoms with Gasteiger partial charge >= 0.3 is 5.97 Å². The summed E-state index contributed by atoms with van der Waals surface area (Å²) in [5, 5.41) is 19.4. The van der Waals surface area contributed by atoms with E-state index >= 15 is 0 Å². The van der Waals surface area contributed by atoms with Crippen molar-refractivity contribution < 1.29 is 15.0 Å². The van der Waals surface area contributed by atoms with Crippen LogP contribution in [0, 0.1) is 46.3 Å². The van der Waals surface area contributed by atoms with Gasteiger partial charge < -0.3 is 10.2 Å². The van der Waals surface area contributed by atoms with Gasteiger partial charge in [0.15, 0.2) is 0 Å². The second-order valence-corrected chi connectivity index (χ2v) is 11.4. The minimum atomic E-state index is -0.639. The van der Waals surface area contributed by atoms with E-state index in [0.717, 1.165) is 61.2 Å². The van der Waals surface area contributed by atoms with Crippen LogP contribution in [0.4, 0.5) is 0 Å². The van der Waals surface area contributed by atoms with Gasteiger partial charge in [-0.15, -0.1) is 0 Å². The summed E-state index contributed by atoms with van der Waals surface area (Å²) in [4.78, 5) is 11.0. The standard InChI is InChI=1S/C25H42O3/c1-4-16-14-19-20-9-8-17(6-5-7-23(27)28)24(20,2)13-11-21(19)25(3)12-10-18(26)15-22(16)25/h16-22,26H,4-15H2,1-3H3,(H,27,28)/t16-,17?,18+,19?,20?,21-,22?,24?,25?/m0/s1. The normalized spacial score (nSPS) is 50.5. The molecule has 9 atom stereocenters. The molecule has 3 heteroatoms. The lowest BCUT2D eigenvalue weighted by molar-refractivity contribution is -0.151. The Balaban J connectivity index is 1.54. The highest BCUT2D eigenvalue weighted by atomic mass is 16.4. The number of carboxylic acids is 1. The van der Waals surface area contributed by atoms with Crippen molar-refractivity contribution >= 4 is 5.97 Å². The fourth-order valence-electron chi connectivity index (χ4n) is 9.02. The third-order valence-electron chi connectivity index (χ3n) is 10.5. The summed E-state index contributed by atoms with van der Waals surface area (Å²) in [7, 11) is 0. The lowest BCUT2D eigenvalue weighted by Crippen LogP contribution is -2.56. The van der Waals surface area contributed by atoms with Gasteiger partial charge in [-0.05, 0) is 111 Å². The maximum absolute atomic E-state index is 11.0. The molecular weight excluding hydrogens is 348 g/mol. The highest BCUT2D eigenvalue weighted by molar-refractivity contribution is 5.66. The molecule has 2 N–H and O–H groups in total. The molecule has 0 aromatic carbocycles. The van der Waals surface area contributed by atoms with Crippen LogP contribution >= 0.6 is 0 Å². The molecule has 3 nitrogen and oxygen atoms in total. The lowest BCUT2D eigenvalue weighted by atomic mass is 9.42. The van der Waals surface area contributed by atoms with Crippen molar-refractivity contribution in [3.63, 3.8) is 0 Å². The number of aliphatic hydroxyl groups excluding tert-OH is 1. The quantitative estimate of drug-likeness (QED) is 0.614. The highest BCUT2D eigenvalue weighted by Gasteiger charge is 2.61. The van der Waals surface area contributed by atoms with E-state index in [1.807, 2.05) is 0 Å². The van der Waals surface area contributed by atoms with Crippen LogP contribution in [0.2, 0.25) is 0 Å². The zero-order chi connectivity index (χ0) is 20.1. The molecule has 0 amide bonds. The van der Waals surface area contributed by atoms with Crippen molar-refractivity contribution in [1.82, 2.24) is 0 Å². The third kappa shape index (κ3) is 3.24. The van der Waals surface area contributed by atoms with Crippen LogP contribution in [0.5, 0.6) is 0 Å². The minimum absolute atomic E-state index is 0.0670. The Labute approximate surface area is 171 Å². The van der Waals surface area contributed by atoms with E-state index in [0.29, 0.717) is 17.3 Å². The van der Waals surface area contributed by atoms with Crippen LogP contribution in [0.1, 0.15) is 97.8 Å². The zero-order valence-corrected chi connectivity index (χ0v) is 18.3.